The molecule has 1 rings (SSSR count). The minimum Gasteiger partial charge on any atom is -0.478 e. The van der Waals surface area contributed by atoms with Gasteiger partial charge in [-0.15, -0.1) is 0 Å². The van der Waals surface area contributed by atoms with Gasteiger partial charge in [-0.3, -0.25) is 4.79 Å². The Kier molecular flexibility index (Phi) is 5.37. The number of carboxylic acids is 1. The summed E-state index contributed by atoms with van der Waals surface area (Å²) in [6.07, 6.45) is -0.677. The molecule has 0 aromatic heterocycles. The minimum atomic E-state index is -1.95. The third-order valence-electron chi connectivity index (χ3n) is 2.63. The molecule has 0 spiro atoms. The molecule has 0 saturated heterocycles. The molecule has 0 aliphatic heterocycles. The number of carbonyl (C=O) groups is 2. The summed E-state index contributed by atoms with van der Waals surface area (Å²) in [7, 11) is 1.57. The summed E-state index contributed by atoms with van der Waals surface area (Å²) in [6.45, 7) is 2.39. The van der Waals surface area contributed by atoms with Gasteiger partial charge in [-0.25, -0.2) is 4.79 Å². The molecule has 0 radical (unpaired) electrons. The van der Waals surface area contributed by atoms with E-state index in [9.17, 15) is 18.4 Å². The van der Waals surface area contributed by atoms with E-state index in [0.717, 1.165) is 12.5 Å². The van der Waals surface area contributed by atoms with E-state index in [0.29, 0.717) is 12.6 Å². The van der Waals surface area contributed by atoms with E-state index in [-0.39, 0.29) is 16.7 Å². The number of rotatable bonds is 5. The maximum Gasteiger partial charge on any atom is 0.335 e. The van der Waals surface area contributed by atoms with Crippen LogP contribution in [-0.2, 0) is 0 Å². The zero-order valence-electron chi connectivity index (χ0n) is 11.2. The lowest BCUT2D eigenvalue weighted by Crippen LogP contribution is -2.27. The first kappa shape index (κ1) is 15.8. The van der Waals surface area contributed by atoms with Gasteiger partial charge in [0, 0.05) is 25.2 Å². The molecule has 1 aromatic carbocycles. The number of hydrogen-bond acceptors (Lipinski definition) is 2. The van der Waals surface area contributed by atoms with Crippen molar-refractivity contribution in [3.8, 4) is 0 Å². The lowest BCUT2D eigenvalue weighted by atomic mass is 10.0. The molecule has 0 aliphatic rings. The van der Waals surface area contributed by atoms with Crippen molar-refractivity contribution >= 4 is 18.0 Å². The minimum absolute atomic E-state index is 0.0156. The Morgan fingerprint density at radius 1 is 1.25 bits per heavy atom. The quantitative estimate of drug-likeness (QED) is 0.903. The molecule has 108 valence electrons. The topological polar surface area (TPSA) is 57.6 Å². The fourth-order valence-electron chi connectivity index (χ4n) is 1.77. The Labute approximate surface area is 115 Å². The third kappa shape index (κ3) is 4.15. The number of amides is 1. The highest BCUT2D eigenvalue weighted by molar-refractivity contribution is 5.98. The van der Waals surface area contributed by atoms with Crippen molar-refractivity contribution in [2.24, 2.45) is 0 Å². The van der Waals surface area contributed by atoms with Crippen LogP contribution >= 0.6 is 0 Å². The van der Waals surface area contributed by atoms with Gasteiger partial charge in [0.15, 0.2) is 0 Å². The van der Waals surface area contributed by atoms with Crippen molar-refractivity contribution in [3.63, 3.8) is 0 Å². The van der Waals surface area contributed by atoms with Gasteiger partial charge in [0.05, 0.1) is 5.56 Å². The maximum absolute atomic E-state index is 12.3. The van der Waals surface area contributed by atoms with Gasteiger partial charge >= 0.3 is 5.97 Å². The van der Waals surface area contributed by atoms with Crippen LogP contribution in [0, 0.1) is 0 Å². The molecule has 0 fully saturated rings. The normalized spacial score (nSPS) is 10.0. The Hall–Kier alpha value is -2.24. The first-order valence-electron chi connectivity index (χ1n) is 6.01. The molecular weight excluding hydrogens is 268 g/mol. The van der Waals surface area contributed by atoms with Crippen LogP contribution in [0.4, 0.5) is 8.78 Å². The van der Waals surface area contributed by atoms with E-state index >= 15 is 0 Å². The highest BCUT2D eigenvalue weighted by atomic mass is 19.3. The molecule has 1 N–H and O–H groups in total. The molecule has 20 heavy (non-hydrogen) atoms. The van der Waals surface area contributed by atoms with Gasteiger partial charge in [0.25, 0.3) is 12.0 Å². The zero-order chi connectivity index (χ0) is 15.3. The fraction of sp³-hybridized carbons (Fsp3) is 0.286. The van der Waals surface area contributed by atoms with Crippen molar-refractivity contribution in [2.45, 2.75) is 13.3 Å². The monoisotopic (exact) mass is 283 g/mol. The van der Waals surface area contributed by atoms with Crippen molar-refractivity contribution in [3.05, 3.63) is 41.0 Å². The highest BCUT2D eigenvalue weighted by Crippen LogP contribution is 2.16. The average Bonchev–Trinajstić information content (AvgIpc) is 2.36. The van der Waals surface area contributed by atoms with Gasteiger partial charge < -0.3 is 10.0 Å². The summed E-state index contributed by atoms with van der Waals surface area (Å²) in [6, 6.07) is 3.53. The highest BCUT2D eigenvalue weighted by Gasteiger charge is 2.15. The van der Waals surface area contributed by atoms with E-state index in [1.807, 2.05) is 6.92 Å². The number of benzene rings is 1. The molecule has 0 saturated carbocycles. The molecule has 0 aliphatic carbocycles. The second-order valence-corrected chi connectivity index (χ2v) is 4.31. The molecule has 4 nitrogen and oxygen atoms in total. The van der Waals surface area contributed by atoms with E-state index in [1.54, 1.807) is 7.05 Å². The molecule has 0 atom stereocenters. The molecular formula is C14H15F2NO3. The summed E-state index contributed by atoms with van der Waals surface area (Å²) < 4.78 is 24.6. The Bertz CT molecular complexity index is 551. The molecule has 0 unspecified atom stereocenters. The third-order valence-corrected chi connectivity index (χ3v) is 2.63. The standard InChI is InChI=1S/C14H15F2NO3/c1-3-4-17(2)13(18)10-5-9(7-12(15)16)6-11(8-10)14(19)20/h5-8H,3-4H2,1-2H3,(H,19,20). The van der Waals surface area contributed by atoms with E-state index < -0.39 is 18.0 Å². The van der Waals surface area contributed by atoms with Crippen LogP contribution in [0.3, 0.4) is 0 Å². The Morgan fingerprint density at radius 2 is 1.85 bits per heavy atom. The second-order valence-electron chi connectivity index (χ2n) is 4.31. The van der Waals surface area contributed by atoms with Crippen LogP contribution in [0.1, 0.15) is 39.6 Å². The van der Waals surface area contributed by atoms with Gasteiger partial charge in [0.2, 0.25) is 0 Å². The van der Waals surface area contributed by atoms with Crippen LogP contribution in [0.2, 0.25) is 0 Å². The number of halogens is 2. The van der Waals surface area contributed by atoms with Crippen molar-refractivity contribution in [2.75, 3.05) is 13.6 Å². The lowest BCUT2D eigenvalue weighted by Gasteiger charge is -2.16. The number of aromatic carboxylic acids is 1. The Balaban J connectivity index is 3.25. The molecule has 1 aromatic rings. The SMILES string of the molecule is CCCN(C)C(=O)c1cc(C=C(F)F)cc(C(=O)O)c1. The van der Waals surface area contributed by atoms with Gasteiger partial charge in [0.1, 0.15) is 0 Å². The number of nitrogens with zero attached hydrogens (tertiary/aromatic N) is 1. The van der Waals surface area contributed by atoms with E-state index in [4.69, 9.17) is 5.11 Å². The van der Waals surface area contributed by atoms with Crippen LogP contribution in [0.25, 0.3) is 6.08 Å². The molecule has 0 heterocycles. The predicted molar refractivity (Wildman–Crippen MR) is 70.8 cm³/mol. The molecule has 6 heteroatoms. The summed E-state index contributed by atoms with van der Waals surface area (Å²) in [5.41, 5.74) is -0.139. The summed E-state index contributed by atoms with van der Waals surface area (Å²) in [4.78, 5) is 24.5. The fourth-order valence-corrected chi connectivity index (χ4v) is 1.77. The van der Waals surface area contributed by atoms with Crippen molar-refractivity contribution in [1.82, 2.24) is 4.90 Å². The van der Waals surface area contributed by atoms with Crippen LogP contribution in [0.15, 0.2) is 24.3 Å². The van der Waals surface area contributed by atoms with Crippen LogP contribution < -0.4 is 0 Å². The summed E-state index contributed by atoms with van der Waals surface area (Å²) in [5.74, 6) is -1.67. The average molecular weight is 283 g/mol. The largest absolute Gasteiger partial charge is 0.478 e. The number of hydrogen-bond donors (Lipinski definition) is 1. The number of carboxylic acid groups (broad SMARTS) is 1. The first-order chi connectivity index (χ1) is 9.35. The zero-order valence-corrected chi connectivity index (χ0v) is 11.2. The van der Waals surface area contributed by atoms with Crippen molar-refractivity contribution < 1.29 is 23.5 Å². The van der Waals surface area contributed by atoms with Gasteiger partial charge in [-0.05, 0) is 30.2 Å². The van der Waals surface area contributed by atoms with E-state index in [2.05, 4.69) is 0 Å². The Morgan fingerprint density at radius 3 is 2.35 bits per heavy atom. The summed E-state index contributed by atoms with van der Waals surface area (Å²) >= 11 is 0. The lowest BCUT2D eigenvalue weighted by molar-refractivity contribution is 0.0697. The summed E-state index contributed by atoms with van der Waals surface area (Å²) in [5, 5.41) is 8.96. The number of carbonyl (C=O) groups excluding carboxylic acids is 1. The predicted octanol–water partition coefficient (Wildman–Crippen LogP) is 3.10. The van der Waals surface area contributed by atoms with Gasteiger partial charge in [-0.2, -0.15) is 8.78 Å². The maximum atomic E-state index is 12.3. The van der Waals surface area contributed by atoms with E-state index in [1.165, 1.54) is 17.0 Å². The van der Waals surface area contributed by atoms with Crippen LogP contribution in [-0.4, -0.2) is 35.5 Å². The smallest absolute Gasteiger partial charge is 0.335 e. The van der Waals surface area contributed by atoms with Crippen LogP contribution in [0.5, 0.6) is 0 Å². The molecule has 0 bridgehead atoms. The van der Waals surface area contributed by atoms with Crippen molar-refractivity contribution in [1.29, 1.82) is 0 Å². The molecule has 1 amide bonds. The first-order valence-corrected chi connectivity index (χ1v) is 6.01. The van der Waals surface area contributed by atoms with Gasteiger partial charge in [-0.1, -0.05) is 6.92 Å². The second kappa shape index (κ2) is 6.79.